The monoisotopic (exact) mass is 318 g/mol. The van der Waals surface area contributed by atoms with Crippen molar-refractivity contribution in [3.63, 3.8) is 0 Å². The Labute approximate surface area is 129 Å². The van der Waals surface area contributed by atoms with E-state index in [1.165, 1.54) is 20.3 Å². The zero-order valence-corrected chi connectivity index (χ0v) is 12.4. The summed E-state index contributed by atoms with van der Waals surface area (Å²) in [6.07, 6.45) is 0. The standard InChI is InChI=1S/C17H12F2O4/c1-21-12-3-4-13-14(8-12)23-16(17(22-2)15(13)20)9-5-10(18)7-11(19)6-9/h3-8H,1-2H3. The number of methoxy groups -OCH3 is 2. The zero-order chi connectivity index (χ0) is 16.6. The van der Waals surface area contributed by atoms with Crippen molar-refractivity contribution in [2.75, 3.05) is 14.2 Å². The van der Waals surface area contributed by atoms with Crippen LogP contribution < -0.4 is 14.9 Å². The smallest absolute Gasteiger partial charge is 0.235 e. The molecule has 0 spiro atoms. The van der Waals surface area contributed by atoms with E-state index in [0.29, 0.717) is 5.75 Å². The number of hydrogen-bond donors (Lipinski definition) is 0. The van der Waals surface area contributed by atoms with Crippen LogP contribution in [0.5, 0.6) is 11.5 Å². The molecule has 0 unspecified atom stereocenters. The molecule has 0 radical (unpaired) electrons. The van der Waals surface area contributed by atoms with Crippen LogP contribution in [-0.4, -0.2) is 14.2 Å². The lowest BCUT2D eigenvalue weighted by atomic mass is 10.1. The van der Waals surface area contributed by atoms with Crippen molar-refractivity contribution in [3.05, 3.63) is 58.3 Å². The maximum absolute atomic E-state index is 13.5. The van der Waals surface area contributed by atoms with E-state index in [9.17, 15) is 13.6 Å². The normalized spacial score (nSPS) is 10.8. The molecular formula is C17H12F2O4. The van der Waals surface area contributed by atoms with Crippen LogP contribution in [0.2, 0.25) is 0 Å². The highest BCUT2D eigenvalue weighted by Crippen LogP contribution is 2.32. The highest BCUT2D eigenvalue weighted by molar-refractivity contribution is 5.83. The minimum Gasteiger partial charge on any atom is -0.497 e. The van der Waals surface area contributed by atoms with Gasteiger partial charge in [0.25, 0.3) is 0 Å². The largest absolute Gasteiger partial charge is 0.497 e. The van der Waals surface area contributed by atoms with Gasteiger partial charge < -0.3 is 13.9 Å². The molecule has 23 heavy (non-hydrogen) atoms. The number of ether oxygens (including phenoxy) is 2. The van der Waals surface area contributed by atoms with Crippen molar-refractivity contribution >= 4 is 11.0 Å². The lowest BCUT2D eigenvalue weighted by Crippen LogP contribution is -2.07. The Kier molecular flexibility index (Phi) is 3.73. The molecule has 118 valence electrons. The molecule has 0 amide bonds. The van der Waals surface area contributed by atoms with Crippen LogP contribution in [-0.2, 0) is 0 Å². The fourth-order valence-corrected chi connectivity index (χ4v) is 2.34. The van der Waals surface area contributed by atoms with Crippen molar-refractivity contribution in [2.45, 2.75) is 0 Å². The molecule has 1 aromatic heterocycles. The van der Waals surface area contributed by atoms with Crippen LogP contribution in [0, 0.1) is 11.6 Å². The predicted molar refractivity (Wildman–Crippen MR) is 80.9 cm³/mol. The van der Waals surface area contributed by atoms with E-state index in [2.05, 4.69) is 0 Å². The Morgan fingerprint density at radius 2 is 1.65 bits per heavy atom. The summed E-state index contributed by atoms with van der Waals surface area (Å²) in [5, 5.41) is 0.281. The maximum Gasteiger partial charge on any atom is 0.235 e. The topological polar surface area (TPSA) is 48.7 Å². The van der Waals surface area contributed by atoms with Gasteiger partial charge in [-0.25, -0.2) is 8.78 Å². The molecule has 0 saturated heterocycles. The number of benzene rings is 2. The molecule has 2 aromatic carbocycles. The average molecular weight is 318 g/mol. The maximum atomic E-state index is 13.5. The van der Waals surface area contributed by atoms with Crippen LogP contribution in [0.25, 0.3) is 22.3 Å². The summed E-state index contributed by atoms with van der Waals surface area (Å²) >= 11 is 0. The van der Waals surface area contributed by atoms with Crippen LogP contribution in [0.1, 0.15) is 0 Å². The molecule has 0 saturated carbocycles. The number of hydrogen-bond acceptors (Lipinski definition) is 4. The van der Waals surface area contributed by atoms with E-state index in [4.69, 9.17) is 13.9 Å². The Morgan fingerprint density at radius 3 is 2.26 bits per heavy atom. The SMILES string of the molecule is COc1ccc2c(=O)c(OC)c(-c3cc(F)cc(F)c3)oc2c1. The first-order valence-corrected chi connectivity index (χ1v) is 6.69. The van der Waals surface area contributed by atoms with Gasteiger partial charge in [-0.2, -0.15) is 0 Å². The van der Waals surface area contributed by atoms with E-state index in [1.54, 1.807) is 12.1 Å². The fourth-order valence-electron chi connectivity index (χ4n) is 2.34. The summed E-state index contributed by atoms with van der Waals surface area (Å²) in [7, 11) is 2.77. The summed E-state index contributed by atoms with van der Waals surface area (Å²) in [4.78, 5) is 12.5. The molecular weight excluding hydrogens is 306 g/mol. The van der Waals surface area contributed by atoms with E-state index >= 15 is 0 Å². The van der Waals surface area contributed by atoms with Crippen molar-refractivity contribution in [1.82, 2.24) is 0 Å². The highest BCUT2D eigenvalue weighted by atomic mass is 19.1. The molecule has 6 heteroatoms. The lowest BCUT2D eigenvalue weighted by Gasteiger charge is -2.10. The molecule has 3 aromatic rings. The molecule has 0 bridgehead atoms. The van der Waals surface area contributed by atoms with Gasteiger partial charge >= 0.3 is 0 Å². The van der Waals surface area contributed by atoms with Crippen LogP contribution in [0.4, 0.5) is 8.78 Å². The van der Waals surface area contributed by atoms with Gasteiger partial charge in [0.1, 0.15) is 23.0 Å². The van der Waals surface area contributed by atoms with Gasteiger partial charge in [0.15, 0.2) is 5.76 Å². The molecule has 0 fully saturated rings. The van der Waals surface area contributed by atoms with Gasteiger partial charge in [-0.05, 0) is 24.3 Å². The fraction of sp³-hybridized carbons (Fsp3) is 0.118. The minimum absolute atomic E-state index is 0.0448. The van der Waals surface area contributed by atoms with E-state index in [0.717, 1.165) is 18.2 Å². The number of rotatable bonds is 3. The Balaban J connectivity index is 2.36. The summed E-state index contributed by atoms with van der Waals surface area (Å²) < 4.78 is 42.8. The van der Waals surface area contributed by atoms with Gasteiger partial charge in [-0.1, -0.05) is 0 Å². The van der Waals surface area contributed by atoms with Crippen molar-refractivity contribution in [1.29, 1.82) is 0 Å². The Hall–Kier alpha value is -2.89. The third kappa shape index (κ3) is 2.63. The van der Waals surface area contributed by atoms with E-state index in [1.807, 2.05) is 0 Å². The van der Waals surface area contributed by atoms with Gasteiger partial charge in [-0.15, -0.1) is 0 Å². The first kappa shape index (κ1) is 15.0. The van der Waals surface area contributed by atoms with Gasteiger partial charge in [0.05, 0.1) is 19.6 Å². The molecule has 0 N–H and O–H groups in total. The molecule has 0 aliphatic carbocycles. The van der Waals surface area contributed by atoms with Crippen LogP contribution >= 0.6 is 0 Å². The van der Waals surface area contributed by atoms with Crippen LogP contribution in [0.15, 0.2) is 45.6 Å². The number of halogens is 2. The van der Waals surface area contributed by atoms with Crippen molar-refractivity contribution < 1.29 is 22.7 Å². The van der Waals surface area contributed by atoms with Gasteiger partial charge in [-0.3, -0.25) is 4.79 Å². The zero-order valence-electron chi connectivity index (χ0n) is 12.4. The average Bonchev–Trinajstić information content (AvgIpc) is 2.53. The molecule has 1 heterocycles. The molecule has 3 rings (SSSR count). The van der Waals surface area contributed by atoms with Gasteiger partial charge in [0.2, 0.25) is 11.2 Å². The van der Waals surface area contributed by atoms with Crippen LogP contribution in [0.3, 0.4) is 0 Å². The van der Waals surface area contributed by atoms with Crippen molar-refractivity contribution in [3.8, 4) is 22.8 Å². The Morgan fingerprint density at radius 1 is 0.957 bits per heavy atom. The molecule has 0 aliphatic rings. The quantitative estimate of drug-likeness (QED) is 0.738. The first-order chi connectivity index (χ1) is 11.0. The van der Waals surface area contributed by atoms with E-state index in [-0.39, 0.29) is 28.0 Å². The first-order valence-electron chi connectivity index (χ1n) is 6.69. The minimum atomic E-state index is -0.782. The molecule has 4 nitrogen and oxygen atoms in total. The summed E-state index contributed by atoms with van der Waals surface area (Å²) in [6.45, 7) is 0. The number of fused-ring (bicyclic) bond motifs is 1. The summed E-state index contributed by atoms with van der Waals surface area (Å²) in [5.41, 5.74) is -0.132. The molecule has 0 aliphatic heterocycles. The second-order valence-corrected chi connectivity index (χ2v) is 4.81. The second-order valence-electron chi connectivity index (χ2n) is 4.81. The van der Waals surface area contributed by atoms with Crippen molar-refractivity contribution in [2.24, 2.45) is 0 Å². The summed E-state index contributed by atoms with van der Waals surface area (Å²) in [5.74, 6) is -1.24. The summed E-state index contributed by atoms with van der Waals surface area (Å²) in [6, 6.07) is 7.54. The van der Waals surface area contributed by atoms with E-state index < -0.39 is 17.1 Å². The predicted octanol–water partition coefficient (Wildman–Crippen LogP) is 3.76. The second kappa shape index (κ2) is 5.72. The third-order valence-corrected chi connectivity index (χ3v) is 3.39. The lowest BCUT2D eigenvalue weighted by molar-refractivity contribution is 0.397. The third-order valence-electron chi connectivity index (χ3n) is 3.39. The molecule has 0 atom stereocenters. The Bertz CT molecular complexity index is 927. The highest BCUT2D eigenvalue weighted by Gasteiger charge is 2.18. The van der Waals surface area contributed by atoms with Gasteiger partial charge in [0, 0.05) is 17.7 Å².